The Balaban J connectivity index is 1.75. The summed E-state index contributed by atoms with van der Waals surface area (Å²) in [4.78, 5) is 43.6. The number of amidine groups is 1. The lowest BCUT2D eigenvalue weighted by atomic mass is 10.2. The number of nitro groups is 1. The molecule has 3 aromatic rings. The van der Waals surface area contributed by atoms with Crippen LogP contribution >= 0.6 is 0 Å². The van der Waals surface area contributed by atoms with Crippen LogP contribution < -0.4 is 10.8 Å². The minimum Gasteiger partial charge on any atom is -0.332 e. The van der Waals surface area contributed by atoms with Gasteiger partial charge in [-0.05, 0) is 36.4 Å². The largest absolute Gasteiger partial charge is 0.421 e. The number of non-ortho nitro benzene ring substituents is 1. The lowest BCUT2D eigenvalue weighted by molar-refractivity contribution is -0.384. The molecular weight excluding hydrogens is 388 g/mol. The van der Waals surface area contributed by atoms with E-state index < -0.39 is 16.8 Å². The number of benzene rings is 3. The number of nitro benzene ring substituents is 1. The first-order chi connectivity index (χ1) is 14.5. The SMILES string of the molecule is O=C(Nc1ccccc1)C(=O)ONC(=Nc1ccccc1)c1ccc([N+](=O)[O-])cc1. The molecule has 2 N–H and O–H groups in total. The zero-order valence-corrected chi connectivity index (χ0v) is 15.5. The second-order valence-electron chi connectivity index (χ2n) is 5.91. The van der Waals surface area contributed by atoms with Crippen molar-refractivity contribution in [1.82, 2.24) is 5.48 Å². The van der Waals surface area contributed by atoms with Gasteiger partial charge in [0.2, 0.25) is 0 Å². The van der Waals surface area contributed by atoms with Crippen LogP contribution in [-0.4, -0.2) is 22.6 Å². The van der Waals surface area contributed by atoms with Crippen LogP contribution in [0.5, 0.6) is 0 Å². The highest BCUT2D eigenvalue weighted by Crippen LogP contribution is 2.16. The highest BCUT2D eigenvalue weighted by molar-refractivity contribution is 6.37. The summed E-state index contributed by atoms with van der Waals surface area (Å²) in [6.45, 7) is 0. The van der Waals surface area contributed by atoms with Crippen LogP contribution in [0.4, 0.5) is 17.1 Å². The molecule has 150 valence electrons. The molecule has 0 fully saturated rings. The number of carbonyl (C=O) groups is 2. The van der Waals surface area contributed by atoms with Crippen molar-refractivity contribution < 1.29 is 19.3 Å². The first-order valence-corrected chi connectivity index (χ1v) is 8.75. The third-order valence-electron chi connectivity index (χ3n) is 3.81. The molecule has 0 atom stereocenters. The molecule has 1 amide bonds. The smallest absolute Gasteiger partial charge is 0.332 e. The van der Waals surface area contributed by atoms with Crippen molar-refractivity contribution in [2.45, 2.75) is 0 Å². The van der Waals surface area contributed by atoms with Crippen molar-refractivity contribution in [3.63, 3.8) is 0 Å². The summed E-state index contributed by atoms with van der Waals surface area (Å²) >= 11 is 0. The Kier molecular flexibility index (Phi) is 6.47. The van der Waals surface area contributed by atoms with Crippen LogP contribution in [0.2, 0.25) is 0 Å². The Morgan fingerprint density at radius 2 is 1.47 bits per heavy atom. The van der Waals surface area contributed by atoms with Gasteiger partial charge < -0.3 is 10.2 Å². The molecule has 0 aliphatic carbocycles. The molecule has 0 aliphatic rings. The fourth-order valence-electron chi connectivity index (χ4n) is 2.36. The summed E-state index contributed by atoms with van der Waals surface area (Å²) in [6.07, 6.45) is 0. The van der Waals surface area contributed by atoms with Crippen molar-refractivity contribution in [1.29, 1.82) is 0 Å². The summed E-state index contributed by atoms with van der Waals surface area (Å²) in [6, 6.07) is 22.7. The van der Waals surface area contributed by atoms with Crippen molar-refractivity contribution in [3.8, 4) is 0 Å². The number of anilines is 1. The van der Waals surface area contributed by atoms with E-state index in [4.69, 9.17) is 4.84 Å². The number of hydrogen-bond acceptors (Lipinski definition) is 6. The summed E-state index contributed by atoms with van der Waals surface area (Å²) in [5, 5.41) is 13.3. The van der Waals surface area contributed by atoms with Crippen LogP contribution in [0.3, 0.4) is 0 Å². The Morgan fingerprint density at radius 3 is 2.07 bits per heavy atom. The highest BCUT2D eigenvalue weighted by atomic mass is 16.7. The predicted octanol–water partition coefficient (Wildman–Crippen LogP) is 3.36. The van der Waals surface area contributed by atoms with E-state index in [2.05, 4.69) is 15.8 Å². The maximum atomic E-state index is 12.0. The third-order valence-corrected chi connectivity index (χ3v) is 3.81. The lowest BCUT2D eigenvalue weighted by Crippen LogP contribution is -2.34. The Hall–Kier alpha value is -4.53. The number of aliphatic imine (C=N–C) groups is 1. The third kappa shape index (κ3) is 5.49. The number of carbonyl (C=O) groups excluding carboxylic acids is 2. The predicted molar refractivity (Wildman–Crippen MR) is 110 cm³/mol. The molecular formula is C21H16N4O5. The van der Waals surface area contributed by atoms with Crippen LogP contribution in [0.15, 0.2) is 89.9 Å². The maximum absolute atomic E-state index is 12.0. The molecule has 9 nitrogen and oxygen atoms in total. The number of rotatable bonds is 4. The molecule has 3 rings (SSSR count). The standard InChI is InChI=1S/C21H16N4O5/c26-20(23-17-9-5-2-6-10-17)21(27)30-24-19(22-16-7-3-1-4-8-16)15-11-13-18(14-12-15)25(28)29/h1-14H,(H,22,24)(H,23,26). The minimum atomic E-state index is -1.18. The first kappa shape index (κ1) is 20.2. The molecule has 3 aromatic carbocycles. The van der Waals surface area contributed by atoms with Crippen molar-refractivity contribution in [3.05, 3.63) is 101 Å². The highest BCUT2D eigenvalue weighted by Gasteiger charge is 2.18. The van der Waals surface area contributed by atoms with E-state index in [0.717, 1.165) is 0 Å². The molecule has 0 saturated heterocycles. The Bertz CT molecular complexity index is 1070. The minimum absolute atomic E-state index is 0.0944. The lowest BCUT2D eigenvalue weighted by Gasteiger charge is -2.10. The van der Waals surface area contributed by atoms with Gasteiger partial charge in [0, 0.05) is 23.4 Å². The number of hydrogen-bond donors (Lipinski definition) is 2. The normalized spacial score (nSPS) is 10.7. The summed E-state index contributed by atoms with van der Waals surface area (Å²) in [5.74, 6) is -2.06. The molecule has 0 unspecified atom stereocenters. The average molecular weight is 404 g/mol. The van der Waals surface area contributed by atoms with Crippen molar-refractivity contribution >= 4 is 34.8 Å². The first-order valence-electron chi connectivity index (χ1n) is 8.75. The molecule has 0 radical (unpaired) electrons. The van der Waals surface area contributed by atoms with E-state index in [1.54, 1.807) is 54.6 Å². The van der Waals surface area contributed by atoms with Gasteiger partial charge in [-0.25, -0.2) is 9.79 Å². The van der Waals surface area contributed by atoms with Crippen LogP contribution in [0, 0.1) is 10.1 Å². The number of para-hydroxylation sites is 2. The summed E-state index contributed by atoms with van der Waals surface area (Å²) < 4.78 is 0. The number of amides is 1. The molecule has 0 aromatic heterocycles. The number of hydroxylamine groups is 1. The molecule has 0 aliphatic heterocycles. The Morgan fingerprint density at radius 1 is 0.867 bits per heavy atom. The molecule has 9 heteroatoms. The van der Waals surface area contributed by atoms with Gasteiger partial charge in [0.05, 0.1) is 10.6 Å². The van der Waals surface area contributed by atoms with E-state index in [1.807, 2.05) is 6.07 Å². The van der Waals surface area contributed by atoms with E-state index in [1.165, 1.54) is 24.3 Å². The maximum Gasteiger partial charge on any atom is 0.421 e. The van der Waals surface area contributed by atoms with Crippen molar-refractivity contribution in [2.75, 3.05) is 5.32 Å². The topological polar surface area (TPSA) is 123 Å². The van der Waals surface area contributed by atoms with E-state index in [0.29, 0.717) is 16.9 Å². The molecule has 0 spiro atoms. The number of nitrogens with one attached hydrogen (secondary N) is 2. The molecule has 30 heavy (non-hydrogen) atoms. The Labute approximate surface area is 171 Å². The molecule has 0 heterocycles. The van der Waals surface area contributed by atoms with Crippen LogP contribution in [0.25, 0.3) is 0 Å². The van der Waals surface area contributed by atoms with E-state index in [-0.39, 0.29) is 11.5 Å². The quantitative estimate of drug-likeness (QED) is 0.226. The van der Waals surface area contributed by atoms with E-state index in [9.17, 15) is 19.7 Å². The average Bonchev–Trinajstić information content (AvgIpc) is 2.77. The second kappa shape index (κ2) is 9.60. The monoisotopic (exact) mass is 404 g/mol. The summed E-state index contributed by atoms with van der Waals surface area (Å²) in [5.41, 5.74) is 3.67. The van der Waals surface area contributed by atoms with Crippen LogP contribution in [0.1, 0.15) is 5.56 Å². The van der Waals surface area contributed by atoms with Crippen molar-refractivity contribution in [2.24, 2.45) is 4.99 Å². The van der Waals surface area contributed by atoms with Gasteiger partial charge in [-0.2, -0.15) is 5.48 Å². The van der Waals surface area contributed by atoms with Gasteiger partial charge in [0.1, 0.15) is 0 Å². The van der Waals surface area contributed by atoms with Gasteiger partial charge in [-0.15, -0.1) is 0 Å². The number of nitrogens with zero attached hydrogens (tertiary/aromatic N) is 2. The zero-order valence-electron chi connectivity index (χ0n) is 15.5. The van der Waals surface area contributed by atoms with Gasteiger partial charge in [-0.1, -0.05) is 36.4 Å². The molecule has 0 bridgehead atoms. The second-order valence-corrected chi connectivity index (χ2v) is 5.91. The van der Waals surface area contributed by atoms with Gasteiger partial charge in [0.25, 0.3) is 5.69 Å². The van der Waals surface area contributed by atoms with Gasteiger partial charge in [-0.3, -0.25) is 14.9 Å². The van der Waals surface area contributed by atoms with Crippen LogP contribution in [-0.2, 0) is 14.4 Å². The fourth-order valence-corrected chi connectivity index (χ4v) is 2.36. The van der Waals surface area contributed by atoms with Gasteiger partial charge in [0.15, 0.2) is 5.84 Å². The fraction of sp³-hybridized carbons (Fsp3) is 0. The summed E-state index contributed by atoms with van der Waals surface area (Å²) in [7, 11) is 0. The zero-order chi connectivity index (χ0) is 21.3. The van der Waals surface area contributed by atoms with E-state index >= 15 is 0 Å². The molecule has 0 saturated carbocycles. The van der Waals surface area contributed by atoms with Gasteiger partial charge >= 0.3 is 11.9 Å².